The average molecular weight is 250 g/mol. The lowest BCUT2D eigenvalue weighted by Crippen LogP contribution is -1.96. The van der Waals surface area contributed by atoms with Crippen LogP contribution in [0.5, 0.6) is 0 Å². The van der Waals surface area contributed by atoms with E-state index in [0.29, 0.717) is 17.7 Å². The molecule has 0 aromatic heterocycles. The van der Waals surface area contributed by atoms with Gasteiger partial charge in [0.05, 0.1) is 5.02 Å². The Morgan fingerprint density at radius 1 is 1.18 bits per heavy atom. The zero-order chi connectivity index (χ0) is 12.3. The minimum atomic E-state index is -0.481. The number of carbonyl (C=O) groups excluding carboxylic acids is 1. The molecule has 2 aromatic carbocycles. The lowest BCUT2D eigenvalue weighted by molar-refractivity contribution is -0.105. The molecule has 0 heterocycles. The van der Waals surface area contributed by atoms with E-state index in [9.17, 15) is 9.18 Å². The van der Waals surface area contributed by atoms with Crippen molar-refractivity contribution in [2.75, 3.05) is 5.32 Å². The summed E-state index contributed by atoms with van der Waals surface area (Å²) < 4.78 is 13.4. The number of benzene rings is 2. The van der Waals surface area contributed by atoms with Crippen molar-refractivity contribution in [1.82, 2.24) is 0 Å². The van der Waals surface area contributed by atoms with Crippen LogP contribution in [0.1, 0.15) is 0 Å². The minimum Gasteiger partial charge on any atom is -0.328 e. The summed E-state index contributed by atoms with van der Waals surface area (Å²) in [6.45, 7) is 0. The Labute approximate surface area is 103 Å². The summed E-state index contributed by atoms with van der Waals surface area (Å²) >= 11 is 5.62. The van der Waals surface area contributed by atoms with Gasteiger partial charge in [-0.15, -0.1) is 0 Å². The third-order valence-corrected chi connectivity index (χ3v) is 2.68. The van der Waals surface area contributed by atoms with Crippen molar-refractivity contribution < 1.29 is 9.18 Å². The molecule has 0 aliphatic heterocycles. The van der Waals surface area contributed by atoms with E-state index < -0.39 is 5.82 Å². The fraction of sp³-hybridized carbons (Fsp3) is 0. The van der Waals surface area contributed by atoms with Crippen LogP contribution in [0.15, 0.2) is 42.5 Å². The molecule has 0 spiro atoms. The molecule has 0 unspecified atom stereocenters. The largest absolute Gasteiger partial charge is 0.328 e. The predicted octanol–water partition coefficient (Wildman–Crippen LogP) is 3.71. The fourth-order valence-corrected chi connectivity index (χ4v) is 1.71. The van der Waals surface area contributed by atoms with Gasteiger partial charge in [-0.3, -0.25) is 4.79 Å². The Hall–Kier alpha value is -1.87. The molecule has 17 heavy (non-hydrogen) atoms. The van der Waals surface area contributed by atoms with Crippen LogP contribution in [0.4, 0.5) is 10.1 Å². The molecular weight excluding hydrogens is 241 g/mol. The standard InChI is InChI=1S/C13H9ClFNO/c14-11-6-5-9(7-12(11)15)10-3-1-2-4-13(10)16-8-17/h1-8H,(H,16,17). The molecule has 0 saturated heterocycles. The summed E-state index contributed by atoms with van der Waals surface area (Å²) in [6, 6.07) is 11.7. The lowest BCUT2D eigenvalue weighted by atomic mass is 10.0. The van der Waals surface area contributed by atoms with Gasteiger partial charge in [0.2, 0.25) is 6.41 Å². The summed E-state index contributed by atoms with van der Waals surface area (Å²) in [4.78, 5) is 10.5. The molecule has 2 rings (SSSR count). The van der Waals surface area contributed by atoms with Gasteiger partial charge in [0.1, 0.15) is 5.82 Å². The van der Waals surface area contributed by atoms with Gasteiger partial charge in [0, 0.05) is 11.3 Å². The molecule has 0 fully saturated rings. The third kappa shape index (κ3) is 2.45. The smallest absolute Gasteiger partial charge is 0.211 e. The second-order valence-corrected chi connectivity index (χ2v) is 3.84. The maximum absolute atomic E-state index is 13.4. The summed E-state index contributed by atoms with van der Waals surface area (Å²) in [5.41, 5.74) is 2.04. The van der Waals surface area contributed by atoms with E-state index in [-0.39, 0.29) is 5.02 Å². The number of anilines is 1. The third-order valence-electron chi connectivity index (χ3n) is 2.37. The maximum atomic E-state index is 13.4. The van der Waals surface area contributed by atoms with Gasteiger partial charge >= 0.3 is 0 Å². The van der Waals surface area contributed by atoms with E-state index >= 15 is 0 Å². The second-order valence-electron chi connectivity index (χ2n) is 3.44. The molecule has 2 aromatic rings. The van der Waals surface area contributed by atoms with Crippen LogP contribution in [0, 0.1) is 5.82 Å². The van der Waals surface area contributed by atoms with Crippen molar-refractivity contribution in [2.24, 2.45) is 0 Å². The van der Waals surface area contributed by atoms with Crippen LogP contribution in [0.2, 0.25) is 5.02 Å². The Bertz CT molecular complexity index is 557. The van der Waals surface area contributed by atoms with Gasteiger partial charge in [0.15, 0.2) is 0 Å². The average Bonchev–Trinajstić information content (AvgIpc) is 2.34. The van der Waals surface area contributed by atoms with Gasteiger partial charge < -0.3 is 5.32 Å². The molecule has 0 atom stereocenters. The molecule has 0 radical (unpaired) electrons. The van der Waals surface area contributed by atoms with E-state index in [1.165, 1.54) is 12.1 Å². The van der Waals surface area contributed by atoms with Crippen molar-refractivity contribution in [2.45, 2.75) is 0 Å². The number of halogens is 2. The van der Waals surface area contributed by atoms with Crippen molar-refractivity contribution in [1.29, 1.82) is 0 Å². The molecule has 4 heteroatoms. The van der Waals surface area contributed by atoms with Gasteiger partial charge in [-0.25, -0.2) is 4.39 Å². The molecule has 1 amide bonds. The first-order chi connectivity index (χ1) is 8.22. The first-order valence-corrected chi connectivity index (χ1v) is 5.35. The predicted molar refractivity (Wildman–Crippen MR) is 66.5 cm³/mol. The van der Waals surface area contributed by atoms with Gasteiger partial charge in [0.25, 0.3) is 0 Å². The summed E-state index contributed by atoms with van der Waals surface area (Å²) in [6.07, 6.45) is 0.588. The van der Waals surface area contributed by atoms with Gasteiger partial charge in [-0.2, -0.15) is 0 Å². The highest BCUT2D eigenvalue weighted by Crippen LogP contribution is 2.29. The number of para-hydroxylation sites is 1. The first kappa shape index (κ1) is 11.6. The van der Waals surface area contributed by atoms with Crippen molar-refractivity contribution >= 4 is 23.7 Å². The van der Waals surface area contributed by atoms with E-state index in [1.54, 1.807) is 24.3 Å². The second kappa shape index (κ2) is 4.97. The van der Waals surface area contributed by atoms with Gasteiger partial charge in [-0.1, -0.05) is 35.9 Å². The number of amides is 1. The molecule has 1 N–H and O–H groups in total. The van der Waals surface area contributed by atoms with Crippen molar-refractivity contribution in [3.63, 3.8) is 0 Å². The Kier molecular flexibility index (Phi) is 3.40. The Balaban J connectivity index is 2.51. The van der Waals surface area contributed by atoms with Crippen LogP contribution in [-0.2, 0) is 4.79 Å². The van der Waals surface area contributed by atoms with Crippen LogP contribution in [0.3, 0.4) is 0 Å². The van der Waals surface area contributed by atoms with Crippen molar-refractivity contribution in [3.05, 3.63) is 53.3 Å². The summed E-state index contributed by atoms with van der Waals surface area (Å²) in [7, 11) is 0. The number of nitrogens with one attached hydrogen (secondary N) is 1. The Morgan fingerprint density at radius 2 is 1.94 bits per heavy atom. The maximum Gasteiger partial charge on any atom is 0.211 e. The minimum absolute atomic E-state index is 0.0783. The van der Waals surface area contributed by atoms with E-state index in [2.05, 4.69) is 5.32 Å². The van der Waals surface area contributed by atoms with E-state index in [4.69, 9.17) is 11.6 Å². The number of carbonyl (C=O) groups is 1. The highest BCUT2D eigenvalue weighted by atomic mass is 35.5. The normalized spacial score (nSPS) is 10.0. The monoisotopic (exact) mass is 249 g/mol. The zero-order valence-corrected chi connectivity index (χ0v) is 9.54. The number of hydrogen-bond acceptors (Lipinski definition) is 1. The van der Waals surface area contributed by atoms with Crippen LogP contribution < -0.4 is 5.32 Å². The zero-order valence-electron chi connectivity index (χ0n) is 8.78. The molecule has 0 saturated carbocycles. The van der Waals surface area contributed by atoms with Gasteiger partial charge in [-0.05, 0) is 23.8 Å². The number of rotatable bonds is 3. The van der Waals surface area contributed by atoms with Crippen LogP contribution in [-0.4, -0.2) is 6.41 Å². The molecule has 0 bridgehead atoms. The molecule has 0 aliphatic carbocycles. The summed E-state index contributed by atoms with van der Waals surface area (Å²) in [5, 5.41) is 2.65. The van der Waals surface area contributed by atoms with Crippen LogP contribution in [0.25, 0.3) is 11.1 Å². The highest BCUT2D eigenvalue weighted by molar-refractivity contribution is 6.30. The highest BCUT2D eigenvalue weighted by Gasteiger charge is 2.06. The number of hydrogen-bond donors (Lipinski definition) is 1. The molecular formula is C13H9ClFNO. The first-order valence-electron chi connectivity index (χ1n) is 4.97. The molecule has 0 aliphatic rings. The fourth-order valence-electron chi connectivity index (χ4n) is 1.59. The lowest BCUT2D eigenvalue weighted by Gasteiger charge is -2.08. The van der Waals surface area contributed by atoms with Crippen molar-refractivity contribution in [3.8, 4) is 11.1 Å². The SMILES string of the molecule is O=CNc1ccccc1-c1ccc(Cl)c(F)c1. The van der Waals surface area contributed by atoms with E-state index in [0.717, 1.165) is 5.56 Å². The van der Waals surface area contributed by atoms with Crippen LogP contribution >= 0.6 is 11.6 Å². The topological polar surface area (TPSA) is 29.1 Å². The van der Waals surface area contributed by atoms with E-state index in [1.807, 2.05) is 6.07 Å². The molecule has 86 valence electrons. The summed E-state index contributed by atoms with van der Waals surface area (Å²) in [5.74, 6) is -0.481. The quantitative estimate of drug-likeness (QED) is 0.826. The molecule has 2 nitrogen and oxygen atoms in total. The Morgan fingerprint density at radius 3 is 2.65 bits per heavy atom.